The Morgan fingerprint density at radius 2 is 0.615 bits per heavy atom. The monoisotopic (exact) mass is 880 g/mol. The van der Waals surface area contributed by atoms with Gasteiger partial charge in [0.05, 0.1) is 52.4 Å². The van der Waals surface area contributed by atoms with Crippen molar-refractivity contribution in [3.8, 4) is 0 Å². The molecule has 0 unspecified atom stereocenters. The van der Waals surface area contributed by atoms with Crippen LogP contribution in [0.1, 0.15) is 40.3 Å². The highest BCUT2D eigenvalue weighted by Gasteiger charge is 2.51. The molecule has 340 valence electrons. The van der Waals surface area contributed by atoms with Gasteiger partial charge in [0.15, 0.2) is 12.6 Å². The molecule has 0 saturated carbocycles. The number of hydrogen-bond acceptors (Lipinski definition) is 10. The van der Waals surface area contributed by atoms with Crippen LogP contribution in [0.25, 0.3) is 0 Å². The lowest BCUT2D eigenvalue weighted by Gasteiger charge is -2.47. The lowest BCUT2D eigenvalue weighted by atomic mass is 9.97. The Hall–Kier alpha value is -5.08. The van der Waals surface area contributed by atoms with Crippen molar-refractivity contribution in [2.75, 3.05) is 13.7 Å². The van der Waals surface area contributed by atoms with Crippen LogP contribution in [0.2, 0.25) is 0 Å². The molecule has 10 nitrogen and oxygen atoms in total. The van der Waals surface area contributed by atoms with Gasteiger partial charge in [-0.25, -0.2) is 0 Å². The highest BCUT2D eigenvalue weighted by atomic mass is 16.7. The Labute approximate surface area is 383 Å². The van der Waals surface area contributed by atoms with Gasteiger partial charge in [-0.05, 0) is 40.3 Å². The average Bonchev–Trinajstić information content (AvgIpc) is 3.36. The summed E-state index contributed by atoms with van der Waals surface area (Å²) in [5.74, 6) is 0. The van der Waals surface area contributed by atoms with Gasteiger partial charge in [0.2, 0.25) is 0 Å². The SMILES string of the molecule is CO[C@@H]1O[C@H](CO[C@@H]2O[C@H](C)[C@@H](OCc3ccccc3)[C@H](OCc3ccccc3)[C@H]2OCc2ccccc2)[C@@H](OCc2ccccc2)[C@H](OCc2ccccc2)[C@H]1OCc1ccccc1. The number of ether oxygens (including phenoxy) is 10. The topological polar surface area (TPSA) is 92.3 Å². The van der Waals surface area contributed by atoms with Gasteiger partial charge in [-0.1, -0.05) is 182 Å². The molecule has 0 spiro atoms. The lowest BCUT2D eigenvalue weighted by molar-refractivity contribution is -0.347. The Balaban J connectivity index is 1.09. The van der Waals surface area contributed by atoms with Gasteiger partial charge in [-0.3, -0.25) is 0 Å². The van der Waals surface area contributed by atoms with Gasteiger partial charge in [-0.15, -0.1) is 0 Å². The third-order valence-electron chi connectivity index (χ3n) is 11.7. The molecule has 10 atom stereocenters. The summed E-state index contributed by atoms with van der Waals surface area (Å²) in [6.45, 7) is 3.97. The standard InChI is InChI=1S/C55H60O10/c1-40-48(57-33-41-21-9-3-10-22-41)50(59-35-43-25-13-5-14-26-43)53(62-38-46-31-19-8-20-32-46)55(64-40)63-39-47-49(58-34-42-23-11-4-12-24-42)51(60-36-44-27-15-6-16-28-44)52(54(56-2)65-47)61-37-45-29-17-7-18-30-45/h3-32,40,47-55H,33-39H2,1-2H3/t40-,47-,48-,49-,50+,51+,52-,53-,54-,55-/m1/s1. The van der Waals surface area contributed by atoms with Crippen molar-refractivity contribution in [1.29, 1.82) is 0 Å². The zero-order valence-corrected chi connectivity index (χ0v) is 37.1. The van der Waals surface area contributed by atoms with E-state index in [2.05, 4.69) is 0 Å². The Morgan fingerprint density at radius 3 is 0.969 bits per heavy atom. The first kappa shape index (κ1) is 46.4. The zero-order chi connectivity index (χ0) is 44.5. The molecule has 6 aromatic carbocycles. The molecular formula is C55H60O10. The molecule has 65 heavy (non-hydrogen) atoms. The van der Waals surface area contributed by atoms with E-state index >= 15 is 0 Å². The Morgan fingerprint density at radius 1 is 0.323 bits per heavy atom. The molecule has 0 N–H and O–H groups in total. The van der Waals surface area contributed by atoms with E-state index < -0.39 is 61.4 Å². The molecule has 0 aliphatic carbocycles. The molecule has 2 fully saturated rings. The third-order valence-corrected chi connectivity index (χ3v) is 11.7. The zero-order valence-electron chi connectivity index (χ0n) is 37.1. The van der Waals surface area contributed by atoms with E-state index in [0.29, 0.717) is 39.6 Å². The second-order valence-electron chi connectivity index (χ2n) is 16.4. The van der Waals surface area contributed by atoms with Crippen molar-refractivity contribution in [3.05, 3.63) is 215 Å². The molecule has 8 rings (SSSR count). The van der Waals surface area contributed by atoms with Crippen molar-refractivity contribution in [2.24, 2.45) is 0 Å². The lowest BCUT2D eigenvalue weighted by Crippen LogP contribution is -2.63. The van der Waals surface area contributed by atoms with Crippen LogP contribution >= 0.6 is 0 Å². The predicted molar refractivity (Wildman–Crippen MR) is 246 cm³/mol. The van der Waals surface area contributed by atoms with Crippen molar-refractivity contribution >= 4 is 0 Å². The maximum atomic E-state index is 6.90. The fourth-order valence-electron chi connectivity index (χ4n) is 8.26. The molecule has 0 radical (unpaired) electrons. The first-order valence-corrected chi connectivity index (χ1v) is 22.5. The van der Waals surface area contributed by atoms with E-state index in [1.54, 1.807) is 7.11 Å². The summed E-state index contributed by atoms with van der Waals surface area (Å²) in [6.07, 6.45) is -6.59. The summed E-state index contributed by atoms with van der Waals surface area (Å²) in [5.41, 5.74) is 6.09. The summed E-state index contributed by atoms with van der Waals surface area (Å²) in [7, 11) is 1.62. The molecule has 6 aromatic rings. The summed E-state index contributed by atoms with van der Waals surface area (Å²) < 4.78 is 67.4. The van der Waals surface area contributed by atoms with E-state index in [1.165, 1.54) is 0 Å². The summed E-state index contributed by atoms with van der Waals surface area (Å²) >= 11 is 0. The van der Waals surface area contributed by atoms with E-state index in [4.69, 9.17) is 47.4 Å². The minimum absolute atomic E-state index is 0.0411. The molecule has 0 bridgehead atoms. The second-order valence-corrected chi connectivity index (χ2v) is 16.4. The maximum absolute atomic E-state index is 6.90. The third kappa shape index (κ3) is 13.3. The molecule has 0 amide bonds. The Bertz CT molecular complexity index is 2200. The second kappa shape index (κ2) is 24.4. The summed E-state index contributed by atoms with van der Waals surface area (Å²) in [5, 5.41) is 0. The molecule has 10 heteroatoms. The predicted octanol–water partition coefficient (Wildman–Crippen LogP) is 9.63. The van der Waals surface area contributed by atoms with Crippen LogP contribution in [-0.4, -0.2) is 75.1 Å². The van der Waals surface area contributed by atoms with Crippen LogP contribution < -0.4 is 0 Å². The molecule has 2 aliphatic rings. The fraction of sp³-hybridized carbons (Fsp3) is 0.345. The number of hydrogen-bond donors (Lipinski definition) is 0. The van der Waals surface area contributed by atoms with Gasteiger partial charge >= 0.3 is 0 Å². The van der Waals surface area contributed by atoms with Crippen LogP contribution in [0.15, 0.2) is 182 Å². The largest absolute Gasteiger partial charge is 0.368 e. The quantitative estimate of drug-likeness (QED) is 0.0657. The van der Waals surface area contributed by atoms with Gasteiger partial charge in [0.25, 0.3) is 0 Å². The van der Waals surface area contributed by atoms with Gasteiger partial charge in [0.1, 0.15) is 42.7 Å². The molecule has 0 aromatic heterocycles. The number of methoxy groups -OCH3 is 1. The van der Waals surface area contributed by atoms with Crippen LogP contribution in [0.3, 0.4) is 0 Å². The number of benzene rings is 6. The van der Waals surface area contributed by atoms with Gasteiger partial charge in [-0.2, -0.15) is 0 Å². The minimum Gasteiger partial charge on any atom is -0.368 e. The minimum atomic E-state index is -0.888. The Kier molecular flexibility index (Phi) is 17.5. The average molecular weight is 881 g/mol. The fourth-order valence-corrected chi connectivity index (χ4v) is 8.26. The van der Waals surface area contributed by atoms with Crippen molar-refractivity contribution in [2.45, 2.75) is 108 Å². The van der Waals surface area contributed by atoms with E-state index in [-0.39, 0.29) is 6.61 Å². The number of rotatable bonds is 22. The van der Waals surface area contributed by atoms with Crippen molar-refractivity contribution in [3.63, 3.8) is 0 Å². The maximum Gasteiger partial charge on any atom is 0.186 e. The smallest absolute Gasteiger partial charge is 0.186 e. The van der Waals surface area contributed by atoms with E-state index in [0.717, 1.165) is 33.4 Å². The van der Waals surface area contributed by atoms with Crippen LogP contribution in [0, 0.1) is 0 Å². The highest BCUT2D eigenvalue weighted by Crippen LogP contribution is 2.34. The summed E-state index contributed by atoms with van der Waals surface area (Å²) in [4.78, 5) is 0. The van der Waals surface area contributed by atoms with E-state index in [1.807, 2.05) is 189 Å². The molecular weight excluding hydrogens is 821 g/mol. The van der Waals surface area contributed by atoms with Crippen molar-refractivity contribution in [1.82, 2.24) is 0 Å². The summed E-state index contributed by atoms with van der Waals surface area (Å²) in [6, 6.07) is 60.4. The van der Waals surface area contributed by atoms with Gasteiger partial charge < -0.3 is 47.4 Å². The molecule has 2 saturated heterocycles. The van der Waals surface area contributed by atoms with Crippen LogP contribution in [0.5, 0.6) is 0 Å². The van der Waals surface area contributed by atoms with Crippen LogP contribution in [0.4, 0.5) is 0 Å². The first-order chi connectivity index (χ1) is 32.1. The first-order valence-electron chi connectivity index (χ1n) is 22.5. The van der Waals surface area contributed by atoms with E-state index in [9.17, 15) is 0 Å². The van der Waals surface area contributed by atoms with Gasteiger partial charge in [0, 0.05) is 7.11 Å². The molecule has 2 aliphatic heterocycles. The molecule has 2 heterocycles. The van der Waals surface area contributed by atoms with Crippen LogP contribution in [-0.2, 0) is 87.0 Å². The normalized spacial score (nSPS) is 25.6. The highest BCUT2D eigenvalue weighted by molar-refractivity contribution is 5.18. The van der Waals surface area contributed by atoms with Crippen molar-refractivity contribution < 1.29 is 47.4 Å².